The van der Waals surface area contributed by atoms with E-state index in [0.29, 0.717) is 17.8 Å². The molecule has 1 aromatic carbocycles. The third-order valence-corrected chi connectivity index (χ3v) is 3.92. The average Bonchev–Trinajstić information content (AvgIpc) is 2.37. The summed E-state index contributed by atoms with van der Waals surface area (Å²) >= 11 is 3.44. The van der Waals surface area contributed by atoms with Crippen LogP contribution in [0.3, 0.4) is 0 Å². The predicted molar refractivity (Wildman–Crippen MR) is 84.5 cm³/mol. The highest BCUT2D eigenvalue weighted by atomic mass is 79.9. The van der Waals surface area contributed by atoms with E-state index in [1.54, 1.807) is 6.92 Å². The lowest BCUT2D eigenvalue weighted by Crippen LogP contribution is -2.14. The van der Waals surface area contributed by atoms with Crippen molar-refractivity contribution in [2.24, 2.45) is 0 Å². The molecular formula is C16H17BrN2O2. The molecule has 110 valence electrons. The second-order valence-electron chi connectivity index (χ2n) is 5.09. The number of carboxylic acids is 1. The molecule has 1 atom stereocenters. The Kier molecular flexibility index (Phi) is 4.73. The Morgan fingerprint density at radius 3 is 2.43 bits per heavy atom. The van der Waals surface area contributed by atoms with Gasteiger partial charge in [0.1, 0.15) is 5.82 Å². The van der Waals surface area contributed by atoms with Crippen molar-refractivity contribution >= 4 is 21.9 Å². The van der Waals surface area contributed by atoms with Crippen LogP contribution in [-0.2, 0) is 11.2 Å². The molecule has 1 unspecified atom stereocenters. The van der Waals surface area contributed by atoms with Gasteiger partial charge in [0.25, 0.3) is 0 Å². The van der Waals surface area contributed by atoms with Crippen molar-refractivity contribution in [3.8, 4) is 0 Å². The predicted octanol–water partition coefficient (Wildman–Crippen LogP) is 3.63. The summed E-state index contributed by atoms with van der Waals surface area (Å²) in [6, 6.07) is 7.99. The van der Waals surface area contributed by atoms with Crippen molar-refractivity contribution in [2.75, 3.05) is 0 Å². The van der Waals surface area contributed by atoms with Crippen molar-refractivity contribution in [1.29, 1.82) is 0 Å². The lowest BCUT2D eigenvalue weighted by molar-refractivity contribution is -0.138. The first-order valence-corrected chi connectivity index (χ1v) is 7.49. The second kappa shape index (κ2) is 6.35. The van der Waals surface area contributed by atoms with Gasteiger partial charge in [0.05, 0.1) is 5.92 Å². The van der Waals surface area contributed by atoms with Crippen molar-refractivity contribution in [3.05, 3.63) is 57.1 Å². The summed E-state index contributed by atoms with van der Waals surface area (Å²) in [7, 11) is 0. The van der Waals surface area contributed by atoms with Crippen LogP contribution in [0.1, 0.15) is 41.2 Å². The van der Waals surface area contributed by atoms with Crippen LogP contribution in [0.25, 0.3) is 0 Å². The molecule has 2 rings (SSSR count). The number of hydrogen-bond donors (Lipinski definition) is 1. The van der Waals surface area contributed by atoms with Gasteiger partial charge >= 0.3 is 5.97 Å². The number of aryl methyl sites for hydroxylation is 2. The fourth-order valence-electron chi connectivity index (χ4n) is 2.45. The highest BCUT2D eigenvalue weighted by molar-refractivity contribution is 9.10. The number of rotatable bonds is 4. The molecule has 5 heteroatoms. The molecule has 0 amide bonds. The van der Waals surface area contributed by atoms with Crippen molar-refractivity contribution < 1.29 is 9.90 Å². The molecule has 0 aliphatic heterocycles. The zero-order chi connectivity index (χ0) is 15.6. The highest BCUT2D eigenvalue weighted by Gasteiger charge is 2.20. The molecule has 0 aliphatic carbocycles. The maximum Gasteiger partial charge on any atom is 0.310 e. The molecule has 0 fully saturated rings. The van der Waals surface area contributed by atoms with Crippen LogP contribution < -0.4 is 0 Å². The summed E-state index contributed by atoms with van der Waals surface area (Å²) in [6.07, 6.45) is 0.628. The molecule has 0 bridgehead atoms. The largest absolute Gasteiger partial charge is 0.481 e. The Morgan fingerprint density at radius 1 is 1.29 bits per heavy atom. The quantitative estimate of drug-likeness (QED) is 0.916. The van der Waals surface area contributed by atoms with Gasteiger partial charge in [-0.05, 0) is 38.5 Å². The Hall–Kier alpha value is -1.75. The number of halogens is 1. The first kappa shape index (κ1) is 15.6. The van der Waals surface area contributed by atoms with E-state index >= 15 is 0 Å². The van der Waals surface area contributed by atoms with E-state index in [1.165, 1.54) is 0 Å². The standard InChI is InChI=1S/C16H17BrN2O2/c1-9(16(20)21)15-10(2)18-14(19-11(15)3)8-12-5-4-6-13(17)7-12/h4-7,9H,8H2,1-3H3,(H,20,21). The second-order valence-corrected chi connectivity index (χ2v) is 6.01. The molecular weight excluding hydrogens is 332 g/mol. The lowest BCUT2D eigenvalue weighted by Gasteiger charge is -2.14. The minimum Gasteiger partial charge on any atom is -0.481 e. The van der Waals surface area contributed by atoms with E-state index in [1.807, 2.05) is 38.1 Å². The van der Waals surface area contributed by atoms with Gasteiger partial charge in [0, 0.05) is 27.8 Å². The molecule has 0 spiro atoms. The number of carboxylic acid groups (broad SMARTS) is 1. The first-order valence-electron chi connectivity index (χ1n) is 6.69. The molecule has 0 radical (unpaired) electrons. The molecule has 0 aliphatic rings. The summed E-state index contributed by atoms with van der Waals surface area (Å²) in [5.41, 5.74) is 3.30. The van der Waals surface area contributed by atoms with Gasteiger partial charge in [0.2, 0.25) is 0 Å². The Balaban J connectivity index is 2.34. The van der Waals surface area contributed by atoms with Crippen LogP contribution >= 0.6 is 15.9 Å². The number of aliphatic carboxylic acids is 1. The highest BCUT2D eigenvalue weighted by Crippen LogP contribution is 2.22. The molecule has 1 N–H and O–H groups in total. The molecule has 1 heterocycles. The molecule has 21 heavy (non-hydrogen) atoms. The van der Waals surface area contributed by atoms with E-state index in [0.717, 1.165) is 21.4 Å². The minimum absolute atomic E-state index is 0.593. The van der Waals surface area contributed by atoms with Crippen LogP contribution in [-0.4, -0.2) is 21.0 Å². The first-order chi connectivity index (χ1) is 9.88. The van der Waals surface area contributed by atoms with Gasteiger partial charge in [-0.2, -0.15) is 0 Å². The van der Waals surface area contributed by atoms with Crippen molar-refractivity contribution in [1.82, 2.24) is 9.97 Å². The number of aromatic nitrogens is 2. The topological polar surface area (TPSA) is 63.1 Å². The Bertz CT molecular complexity index is 663. The Labute approximate surface area is 132 Å². The molecule has 2 aromatic rings. The van der Waals surface area contributed by atoms with E-state index < -0.39 is 11.9 Å². The maximum atomic E-state index is 11.2. The smallest absolute Gasteiger partial charge is 0.310 e. The zero-order valence-corrected chi connectivity index (χ0v) is 13.8. The molecule has 1 aromatic heterocycles. The monoisotopic (exact) mass is 348 g/mol. The van der Waals surface area contributed by atoms with E-state index in [2.05, 4.69) is 25.9 Å². The van der Waals surface area contributed by atoms with E-state index in [-0.39, 0.29) is 0 Å². The number of benzene rings is 1. The fourth-order valence-corrected chi connectivity index (χ4v) is 2.90. The van der Waals surface area contributed by atoms with Crippen LogP contribution in [0.2, 0.25) is 0 Å². The molecule has 0 saturated heterocycles. The zero-order valence-electron chi connectivity index (χ0n) is 12.2. The summed E-state index contributed by atoms with van der Waals surface area (Å²) in [5, 5.41) is 9.16. The summed E-state index contributed by atoms with van der Waals surface area (Å²) in [6.45, 7) is 5.34. The molecule has 0 saturated carbocycles. The van der Waals surface area contributed by atoms with Gasteiger partial charge in [-0.1, -0.05) is 28.1 Å². The van der Waals surface area contributed by atoms with Crippen LogP contribution in [0.4, 0.5) is 0 Å². The summed E-state index contributed by atoms with van der Waals surface area (Å²) in [5.74, 6) is -0.737. The third kappa shape index (κ3) is 3.67. The third-order valence-electron chi connectivity index (χ3n) is 3.43. The summed E-state index contributed by atoms with van der Waals surface area (Å²) < 4.78 is 1.02. The average molecular weight is 349 g/mol. The Morgan fingerprint density at radius 2 is 1.90 bits per heavy atom. The fraction of sp³-hybridized carbons (Fsp3) is 0.312. The normalized spacial score (nSPS) is 12.2. The van der Waals surface area contributed by atoms with Crippen LogP contribution in [0.15, 0.2) is 28.7 Å². The lowest BCUT2D eigenvalue weighted by atomic mass is 9.98. The van der Waals surface area contributed by atoms with E-state index in [4.69, 9.17) is 5.11 Å². The number of nitrogens with zero attached hydrogens (tertiary/aromatic N) is 2. The van der Waals surface area contributed by atoms with Gasteiger partial charge in [-0.15, -0.1) is 0 Å². The SMILES string of the molecule is Cc1nc(Cc2cccc(Br)c2)nc(C)c1C(C)C(=O)O. The number of carbonyl (C=O) groups is 1. The van der Waals surface area contributed by atoms with Gasteiger partial charge in [-0.3, -0.25) is 4.79 Å². The van der Waals surface area contributed by atoms with E-state index in [9.17, 15) is 4.79 Å². The number of hydrogen-bond acceptors (Lipinski definition) is 3. The molecule has 4 nitrogen and oxygen atoms in total. The van der Waals surface area contributed by atoms with Crippen molar-refractivity contribution in [2.45, 2.75) is 33.1 Å². The van der Waals surface area contributed by atoms with Crippen molar-refractivity contribution in [3.63, 3.8) is 0 Å². The minimum atomic E-state index is -0.857. The van der Waals surface area contributed by atoms with Crippen LogP contribution in [0.5, 0.6) is 0 Å². The summed E-state index contributed by atoms with van der Waals surface area (Å²) in [4.78, 5) is 20.1. The van der Waals surface area contributed by atoms with Gasteiger partial charge in [-0.25, -0.2) is 9.97 Å². The van der Waals surface area contributed by atoms with Crippen LogP contribution in [0, 0.1) is 13.8 Å². The van der Waals surface area contributed by atoms with Gasteiger partial charge in [0.15, 0.2) is 0 Å². The van der Waals surface area contributed by atoms with Gasteiger partial charge < -0.3 is 5.11 Å². The maximum absolute atomic E-state index is 11.2.